The molecule has 4 rings (SSSR count). The molecule has 2 atom stereocenters. The summed E-state index contributed by atoms with van der Waals surface area (Å²) in [4.78, 5) is 12.7. The Bertz CT molecular complexity index is 968. The number of rotatable bonds is 5. The number of nitrogens with one attached hydrogen (secondary N) is 2. The second kappa shape index (κ2) is 8.57. The molecule has 0 bridgehead atoms. The third-order valence-corrected chi connectivity index (χ3v) is 5.27. The van der Waals surface area contributed by atoms with Crippen molar-refractivity contribution in [3.63, 3.8) is 0 Å². The molecule has 0 spiro atoms. The highest BCUT2D eigenvalue weighted by atomic mass is 19.1. The van der Waals surface area contributed by atoms with E-state index >= 15 is 0 Å². The largest absolute Gasteiger partial charge is 0.353 e. The van der Waals surface area contributed by atoms with Gasteiger partial charge in [0.25, 0.3) is 0 Å². The summed E-state index contributed by atoms with van der Waals surface area (Å²) in [6.07, 6.45) is 3.99. The fraction of sp³-hybridized carbons (Fsp3) is 0.304. The molecule has 1 aliphatic rings. The molecule has 3 aromatic rings. The fourth-order valence-corrected chi connectivity index (χ4v) is 3.82. The van der Waals surface area contributed by atoms with E-state index in [1.165, 1.54) is 12.1 Å². The van der Waals surface area contributed by atoms with E-state index in [4.69, 9.17) is 5.10 Å². The topological polar surface area (TPSA) is 59.0 Å². The molecule has 29 heavy (non-hydrogen) atoms. The maximum absolute atomic E-state index is 13.4. The van der Waals surface area contributed by atoms with Crippen LogP contribution in [0.2, 0.25) is 0 Å². The number of aromatic nitrogens is 2. The first kappa shape index (κ1) is 19.3. The molecule has 2 aromatic carbocycles. The molecule has 2 heterocycles. The molecular formula is C23H25FN4O. The Labute approximate surface area is 169 Å². The van der Waals surface area contributed by atoms with Crippen LogP contribution in [0.4, 0.5) is 4.39 Å². The van der Waals surface area contributed by atoms with E-state index in [2.05, 4.69) is 17.6 Å². The van der Waals surface area contributed by atoms with Crippen LogP contribution in [0.25, 0.3) is 16.9 Å². The van der Waals surface area contributed by atoms with Crippen LogP contribution < -0.4 is 10.6 Å². The average molecular weight is 392 g/mol. The second-order valence-corrected chi connectivity index (χ2v) is 7.61. The molecule has 0 aliphatic carbocycles. The summed E-state index contributed by atoms with van der Waals surface area (Å²) >= 11 is 0. The Morgan fingerprint density at radius 2 is 1.97 bits per heavy atom. The summed E-state index contributed by atoms with van der Waals surface area (Å²) in [5.74, 6) is -0.310. The molecule has 0 radical (unpaired) electrons. The van der Waals surface area contributed by atoms with E-state index in [9.17, 15) is 9.18 Å². The number of hydrogen-bond acceptors (Lipinski definition) is 3. The standard InChI is InChI=1S/C23H25FN4O/c1-16-13-20(11-12-25-16)26-22(29)14-18-15-28(21-5-3-2-4-6-21)27-23(18)17-7-9-19(24)10-8-17/h2-10,15-16,20,25H,11-14H2,1H3,(H,26,29). The van der Waals surface area contributed by atoms with Crippen LogP contribution in [0.1, 0.15) is 25.3 Å². The van der Waals surface area contributed by atoms with Crippen LogP contribution in [0.3, 0.4) is 0 Å². The van der Waals surface area contributed by atoms with Crippen LogP contribution in [0, 0.1) is 5.82 Å². The second-order valence-electron chi connectivity index (χ2n) is 7.61. The highest BCUT2D eigenvalue weighted by Crippen LogP contribution is 2.25. The number of carbonyl (C=O) groups is 1. The van der Waals surface area contributed by atoms with Crippen molar-refractivity contribution in [3.05, 3.63) is 72.2 Å². The third kappa shape index (κ3) is 4.71. The number of halogens is 1. The molecule has 2 N–H and O–H groups in total. The number of para-hydroxylation sites is 1. The van der Waals surface area contributed by atoms with Gasteiger partial charge in [-0.3, -0.25) is 4.79 Å². The zero-order valence-corrected chi connectivity index (χ0v) is 16.4. The zero-order chi connectivity index (χ0) is 20.2. The van der Waals surface area contributed by atoms with Crippen molar-refractivity contribution in [3.8, 4) is 16.9 Å². The fourth-order valence-electron chi connectivity index (χ4n) is 3.82. The lowest BCUT2D eigenvalue weighted by Gasteiger charge is -2.28. The maximum Gasteiger partial charge on any atom is 0.224 e. The van der Waals surface area contributed by atoms with Gasteiger partial charge in [-0.15, -0.1) is 0 Å². The van der Waals surface area contributed by atoms with E-state index in [-0.39, 0.29) is 24.2 Å². The number of hydrogen-bond donors (Lipinski definition) is 2. The maximum atomic E-state index is 13.4. The summed E-state index contributed by atoms with van der Waals surface area (Å²) < 4.78 is 15.2. The van der Waals surface area contributed by atoms with E-state index in [1.807, 2.05) is 36.5 Å². The lowest BCUT2D eigenvalue weighted by atomic mass is 10.00. The Morgan fingerprint density at radius 1 is 1.21 bits per heavy atom. The molecule has 1 fully saturated rings. The van der Waals surface area contributed by atoms with Crippen LogP contribution in [-0.2, 0) is 11.2 Å². The Balaban J connectivity index is 1.59. The summed E-state index contributed by atoms with van der Waals surface area (Å²) in [6, 6.07) is 16.6. The molecule has 1 saturated heterocycles. The number of carbonyl (C=O) groups excluding carboxylic acids is 1. The quantitative estimate of drug-likeness (QED) is 0.699. The van der Waals surface area contributed by atoms with Crippen LogP contribution in [0.15, 0.2) is 60.8 Å². The van der Waals surface area contributed by atoms with Crippen LogP contribution in [0.5, 0.6) is 0 Å². The van der Waals surface area contributed by atoms with Gasteiger partial charge in [-0.05, 0) is 62.7 Å². The highest BCUT2D eigenvalue weighted by molar-refractivity contribution is 5.81. The molecule has 1 aliphatic heterocycles. The predicted molar refractivity (Wildman–Crippen MR) is 111 cm³/mol. The Morgan fingerprint density at radius 3 is 2.69 bits per heavy atom. The molecule has 5 nitrogen and oxygen atoms in total. The van der Waals surface area contributed by atoms with Gasteiger partial charge in [-0.2, -0.15) is 5.10 Å². The van der Waals surface area contributed by atoms with Crippen molar-refractivity contribution >= 4 is 5.91 Å². The third-order valence-electron chi connectivity index (χ3n) is 5.27. The normalized spacial score (nSPS) is 19.1. The zero-order valence-electron chi connectivity index (χ0n) is 16.4. The minimum atomic E-state index is -0.296. The van der Waals surface area contributed by atoms with Gasteiger partial charge < -0.3 is 10.6 Å². The van der Waals surface area contributed by atoms with Crippen molar-refractivity contribution in [2.75, 3.05) is 6.54 Å². The van der Waals surface area contributed by atoms with E-state index in [0.29, 0.717) is 11.7 Å². The molecule has 1 aromatic heterocycles. The minimum absolute atomic E-state index is 0.0138. The molecule has 1 amide bonds. The predicted octanol–water partition coefficient (Wildman–Crippen LogP) is 3.48. The van der Waals surface area contributed by atoms with Gasteiger partial charge in [0.2, 0.25) is 5.91 Å². The summed E-state index contributed by atoms with van der Waals surface area (Å²) in [5.41, 5.74) is 3.22. The van der Waals surface area contributed by atoms with E-state index in [1.54, 1.807) is 16.8 Å². The SMILES string of the molecule is CC1CC(NC(=O)Cc2cn(-c3ccccc3)nc2-c2ccc(F)cc2)CCN1. The summed E-state index contributed by atoms with van der Waals surface area (Å²) in [7, 11) is 0. The van der Waals surface area contributed by atoms with Crippen molar-refractivity contribution < 1.29 is 9.18 Å². The lowest BCUT2D eigenvalue weighted by Crippen LogP contribution is -2.46. The van der Waals surface area contributed by atoms with Crippen LogP contribution in [-0.4, -0.2) is 34.3 Å². The van der Waals surface area contributed by atoms with E-state index in [0.717, 1.165) is 36.2 Å². The van der Waals surface area contributed by atoms with Crippen molar-refractivity contribution in [2.45, 2.75) is 38.3 Å². The highest BCUT2D eigenvalue weighted by Gasteiger charge is 2.21. The van der Waals surface area contributed by atoms with Gasteiger partial charge in [0.15, 0.2) is 0 Å². The van der Waals surface area contributed by atoms with Gasteiger partial charge in [-0.25, -0.2) is 9.07 Å². The molecule has 6 heteroatoms. The van der Waals surface area contributed by atoms with Crippen molar-refractivity contribution in [2.24, 2.45) is 0 Å². The first-order chi connectivity index (χ1) is 14.1. The number of amides is 1. The molecular weight excluding hydrogens is 367 g/mol. The van der Waals surface area contributed by atoms with Gasteiger partial charge >= 0.3 is 0 Å². The summed E-state index contributed by atoms with van der Waals surface area (Å²) in [5, 5.41) is 11.3. The number of nitrogens with zero attached hydrogens (tertiary/aromatic N) is 2. The Kier molecular flexibility index (Phi) is 5.71. The van der Waals surface area contributed by atoms with Crippen LogP contribution >= 0.6 is 0 Å². The van der Waals surface area contributed by atoms with Gasteiger partial charge in [0.1, 0.15) is 5.82 Å². The van der Waals surface area contributed by atoms with Gasteiger partial charge in [0.05, 0.1) is 17.8 Å². The minimum Gasteiger partial charge on any atom is -0.353 e. The number of piperidine rings is 1. The van der Waals surface area contributed by atoms with Crippen molar-refractivity contribution in [1.29, 1.82) is 0 Å². The molecule has 150 valence electrons. The molecule has 0 saturated carbocycles. The monoisotopic (exact) mass is 392 g/mol. The Hall–Kier alpha value is -2.99. The summed E-state index contributed by atoms with van der Waals surface area (Å²) in [6.45, 7) is 3.05. The van der Waals surface area contributed by atoms with E-state index < -0.39 is 0 Å². The first-order valence-corrected chi connectivity index (χ1v) is 10.0. The van der Waals surface area contributed by atoms with Crippen molar-refractivity contribution in [1.82, 2.24) is 20.4 Å². The average Bonchev–Trinajstić information content (AvgIpc) is 3.13. The molecule has 2 unspecified atom stereocenters. The first-order valence-electron chi connectivity index (χ1n) is 10.0. The smallest absolute Gasteiger partial charge is 0.224 e. The van der Waals surface area contributed by atoms with Gasteiger partial charge in [-0.1, -0.05) is 18.2 Å². The van der Waals surface area contributed by atoms with Gasteiger partial charge in [0, 0.05) is 29.4 Å². The lowest BCUT2D eigenvalue weighted by molar-refractivity contribution is -0.121. The number of benzene rings is 2.